The van der Waals surface area contributed by atoms with Gasteiger partial charge in [-0.25, -0.2) is 4.39 Å². The Bertz CT molecular complexity index is 523. The Labute approximate surface area is 124 Å². The van der Waals surface area contributed by atoms with E-state index in [4.69, 9.17) is 10.5 Å². The Morgan fingerprint density at radius 2 is 2.24 bits per heavy atom. The Hall–Kier alpha value is -1.46. The van der Waals surface area contributed by atoms with E-state index in [0.29, 0.717) is 19.7 Å². The Balaban J connectivity index is 1.69. The minimum Gasteiger partial charge on any atom is -0.370 e. The summed E-state index contributed by atoms with van der Waals surface area (Å²) < 4.78 is 19.0. The lowest BCUT2D eigenvalue weighted by molar-refractivity contribution is -0.143. The van der Waals surface area contributed by atoms with Crippen molar-refractivity contribution >= 4 is 5.91 Å². The highest BCUT2D eigenvalue weighted by atomic mass is 19.1. The summed E-state index contributed by atoms with van der Waals surface area (Å²) in [4.78, 5) is 14.4. The van der Waals surface area contributed by atoms with Crippen molar-refractivity contribution in [2.45, 2.75) is 31.4 Å². The number of amides is 1. The molecule has 2 aliphatic rings. The highest BCUT2D eigenvalue weighted by molar-refractivity contribution is 5.80. The fourth-order valence-electron chi connectivity index (χ4n) is 3.29. The summed E-state index contributed by atoms with van der Waals surface area (Å²) >= 11 is 0. The SMILES string of the molecule is N[C@@H]1CCC[C@H]1C(=O)N1CCO[C@@H](c2cccc(F)c2)C1. The third-order valence-corrected chi connectivity index (χ3v) is 4.49. The predicted octanol–water partition coefficient (Wildman–Crippen LogP) is 1.85. The van der Waals surface area contributed by atoms with Gasteiger partial charge in [0.2, 0.25) is 5.91 Å². The normalized spacial score (nSPS) is 29.6. The number of benzene rings is 1. The van der Waals surface area contributed by atoms with E-state index in [0.717, 1.165) is 24.8 Å². The summed E-state index contributed by atoms with van der Waals surface area (Å²) in [6.45, 7) is 1.55. The van der Waals surface area contributed by atoms with Crippen LogP contribution >= 0.6 is 0 Å². The Morgan fingerprint density at radius 3 is 2.95 bits per heavy atom. The molecule has 3 atom stereocenters. The third kappa shape index (κ3) is 3.09. The molecule has 1 aliphatic carbocycles. The molecule has 3 rings (SSSR count). The van der Waals surface area contributed by atoms with Crippen LogP contribution in [-0.2, 0) is 9.53 Å². The molecule has 0 radical (unpaired) electrons. The van der Waals surface area contributed by atoms with Gasteiger partial charge in [0.25, 0.3) is 0 Å². The van der Waals surface area contributed by atoms with E-state index in [9.17, 15) is 9.18 Å². The highest BCUT2D eigenvalue weighted by Gasteiger charge is 2.35. The number of rotatable bonds is 2. The number of hydrogen-bond acceptors (Lipinski definition) is 3. The van der Waals surface area contributed by atoms with Gasteiger partial charge in [0.05, 0.1) is 19.1 Å². The van der Waals surface area contributed by atoms with Crippen LogP contribution in [0.3, 0.4) is 0 Å². The van der Waals surface area contributed by atoms with Gasteiger partial charge < -0.3 is 15.4 Å². The fourth-order valence-corrected chi connectivity index (χ4v) is 3.29. The first-order chi connectivity index (χ1) is 10.1. The number of carbonyl (C=O) groups excluding carboxylic acids is 1. The number of halogens is 1. The second-order valence-electron chi connectivity index (χ2n) is 5.90. The standard InChI is InChI=1S/C16H21FN2O2/c17-12-4-1-3-11(9-12)15-10-19(7-8-21-15)16(20)13-5-2-6-14(13)18/h1,3-4,9,13-15H,2,5-8,10,18H2/t13-,14-,15-/m1/s1. The zero-order valence-corrected chi connectivity index (χ0v) is 12.0. The molecule has 1 aromatic rings. The van der Waals surface area contributed by atoms with E-state index in [1.165, 1.54) is 12.1 Å². The summed E-state index contributed by atoms with van der Waals surface area (Å²) in [5.74, 6) is -0.210. The molecule has 114 valence electrons. The van der Waals surface area contributed by atoms with Crippen molar-refractivity contribution in [3.8, 4) is 0 Å². The van der Waals surface area contributed by atoms with Gasteiger partial charge in [0, 0.05) is 12.6 Å². The van der Waals surface area contributed by atoms with Crippen LogP contribution in [0, 0.1) is 11.7 Å². The minimum absolute atomic E-state index is 0.0204. The van der Waals surface area contributed by atoms with E-state index in [1.54, 1.807) is 6.07 Å². The molecular formula is C16H21FN2O2. The number of ether oxygens (including phenoxy) is 1. The van der Waals surface area contributed by atoms with Gasteiger partial charge in [-0.15, -0.1) is 0 Å². The van der Waals surface area contributed by atoms with Gasteiger partial charge in [-0.1, -0.05) is 18.6 Å². The van der Waals surface area contributed by atoms with Crippen LogP contribution in [-0.4, -0.2) is 36.5 Å². The maximum atomic E-state index is 13.3. The van der Waals surface area contributed by atoms with E-state index in [2.05, 4.69) is 0 Å². The molecule has 0 bridgehead atoms. The van der Waals surface area contributed by atoms with Crippen LogP contribution in [0.25, 0.3) is 0 Å². The molecule has 1 aromatic carbocycles. The lowest BCUT2D eigenvalue weighted by atomic mass is 10.0. The number of carbonyl (C=O) groups is 1. The van der Waals surface area contributed by atoms with Crippen molar-refractivity contribution in [3.63, 3.8) is 0 Å². The summed E-state index contributed by atoms with van der Waals surface area (Å²) in [6.07, 6.45) is 2.57. The third-order valence-electron chi connectivity index (χ3n) is 4.49. The number of hydrogen-bond donors (Lipinski definition) is 1. The van der Waals surface area contributed by atoms with Gasteiger partial charge >= 0.3 is 0 Å². The summed E-state index contributed by atoms with van der Waals surface area (Å²) in [6, 6.07) is 6.37. The molecule has 1 aliphatic heterocycles. The van der Waals surface area contributed by atoms with Crippen LogP contribution in [0.4, 0.5) is 4.39 Å². The molecule has 1 saturated carbocycles. The van der Waals surface area contributed by atoms with Crippen molar-refractivity contribution in [1.82, 2.24) is 4.90 Å². The van der Waals surface area contributed by atoms with Gasteiger partial charge in [0.1, 0.15) is 11.9 Å². The van der Waals surface area contributed by atoms with Crippen molar-refractivity contribution in [1.29, 1.82) is 0 Å². The minimum atomic E-state index is -0.280. The van der Waals surface area contributed by atoms with Crippen LogP contribution < -0.4 is 5.73 Å². The molecule has 2 N–H and O–H groups in total. The molecule has 0 spiro atoms. The first kappa shape index (κ1) is 14.5. The van der Waals surface area contributed by atoms with E-state index >= 15 is 0 Å². The molecular weight excluding hydrogens is 271 g/mol. The monoisotopic (exact) mass is 292 g/mol. The van der Waals surface area contributed by atoms with Crippen LogP contribution in [0.5, 0.6) is 0 Å². The van der Waals surface area contributed by atoms with E-state index in [-0.39, 0.29) is 29.8 Å². The van der Waals surface area contributed by atoms with E-state index in [1.807, 2.05) is 11.0 Å². The smallest absolute Gasteiger partial charge is 0.227 e. The van der Waals surface area contributed by atoms with Gasteiger partial charge in [-0.05, 0) is 30.5 Å². The van der Waals surface area contributed by atoms with E-state index < -0.39 is 0 Å². The first-order valence-electron chi connectivity index (χ1n) is 7.56. The van der Waals surface area contributed by atoms with Gasteiger partial charge in [-0.2, -0.15) is 0 Å². The number of nitrogens with two attached hydrogens (primary N) is 1. The highest BCUT2D eigenvalue weighted by Crippen LogP contribution is 2.29. The maximum absolute atomic E-state index is 13.3. The summed E-state index contributed by atoms with van der Waals surface area (Å²) in [7, 11) is 0. The summed E-state index contributed by atoms with van der Waals surface area (Å²) in [5.41, 5.74) is 6.80. The lowest BCUT2D eigenvalue weighted by Gasteiger charge is -2.35. The maximum Gasteiger partial charge on any atom is 0.227 e. The average molecular weight is 292 g/mol. The number of nitrogens with zero attached hydrogens (tertiary/aromatic N) is 1. The zero-order chi connectivity index (χ0) is 14.8. The lowest BCUT2D eigenvalue weighted by Crippen LogP contribution is -2.47. The second-order valence-corrected chi connectivity index (χ2v) is 5.90. The topological polar surface area (TPSA) is 55.6 Å². The molecule has 1 heterocycles. The van der Waals surface area contributed by atoms with Gasteiger partial charge in [0.15, 0.2) is 0 Å². The molecule has 1 saturated heterocycles. The Kier molecular flexibility index (Phi) is 4.22. The van der Waals surface area contributed by atoms with Crippen molar-refractivity contribution in [2.75, 3.05) is 19.7 Å². The van der Waals surface area contributed by atoms with Gasteiger partial charge in [-0.3, -0.25) is 4.79 Å². The largest absolute Gasteiger partial charge is 0.370 e. The molecule has 0 unspecified atom stereocenters. The molecule has 21 heavy (non-hydrogen) atoms. The second kappa shape index (κ2) is 6.12. The van der Waals surface area contributed by atoms with Crippen molar-refractivity contribution in [2.24, 2.45) is 11.7 Å². The zero-order valence-electron chi connectivity index (χ0n) is 12.0. The first-order valence-corrected chi connectivity index (χ1v) is 7.56. The van der Waals surface area contributed by atoms with Crippen molar-refractivity contribution < 1.29 is 13.9 Å². The molecule has 0 aromatic heterocycles. The van der Waals surface area contributed by atoms with Crippen molar-refractivity contribution in [3.05, 3.63) is 35.6 Å². The molecule has 2 fully saturated rings. The average Bonchev–Trinajstić information content (AvgIpc) is 2.93. The molecule has 4 nitrogen and oxygen atoms in total. The van der Waals surface area contributed by atoms with Crippen LogP contribution in [0.2, 0.25) is 0 Å². The van der Waals surface area contributed by atoms with Crippen LogP contribution in [0.1, 0.15) is 30.9 Å². The summed E-state index contributed by atoms with van der Waals surface area (Å²) in [5, 5.41) is 0. The molecule has 5 heteroatoms. The van der Waals surface area contributed by atoms with Crippen LogP contribution in [0.15, 0.2) is 24.3 Å². The fraction of sp³-hybridized carbons (Fsp3) is 0.562. The quantitative estimate of drug-likeness (QED) is 0.905. The predicted molar refractivity (Wildman–Crippen MR) is 77.0 cm³/mol. The Morgan fingerprint density at radius 1 is 1.38 bits per heavy atom. The molecule has 1 amide bonds. The number of morpholine rings is 1.